The van der Waals surface area contributed by atoms with Gasteiger partial charge in [-0.3, -0.25) is 14.3 Å². The van der Waals surface area contributed by atoms with E-state index in [2.05, 4.69) is 69.2 Å². The maximum absolute atomic E-state index is 12.4. The molecule has 4 heterocycles. The molecule has 40 heavy (non-hydrogen) atoms. The molecule has 0 aromatic carbocycles. The number of imidazole rings is 1. The number of nitrogen functional groups attached to an aromatic ring is 1. The number of hydrogen-bond donors (Lipinski definition) is 2. The van der Waals surface area contributed by atoms with E-state index in [0.29, 0.717) is 18.0 Å². The summed E-state index contributed by atoms with van der Waals surface area (Å²) in [4.78, 5) is 23.5. The molecule has 10 nitrogen and oxygen atoms in total. The minimum Gasteiger partial charge on any atom is -0.411 e. The zero-order chi connectivity index (χ0) is 29.3. The van der Waals surface area contributed by atoms with E-state index in [1.54, 1.807) is 22.3 Å². The van der Waals surface area contributed by atoms with Gasteiger partial charge < -0.3 is 23.9 Å². The van der Waals surface area contributed by atoms with Crippen molar-refractivity contribution in [2.24, 2.45) is 5.92 Å². The van der Waals surface area contributed by atoms with Crippen molar-refractivity contribution in [2.45, 2.75) is 108 Å². The second-order valence-corrected chi connectivity index (χ2v) is 24.5. The van der Waals surface area contributed by atoms with Crippen LogP contribution in [0.2, 0.25) is 18.1 Å². The molecule has 1 unspecified atom stereocenters. The molecule has 3 N–H and O–H groups in total. The monoisotopic (exact) mass is 627 g/mol. The number of allylic oxidation sites excluding steroid dienone is 1. The van der Waals surface area contributed by atoms with E-state index in [1.807, 2.05) is 0 Å². The van der Waals surface area contributed by atoms with E-state index in [-0.39, 0.29) is 51.7 Å². The molecule has 0 spiro atoms. The maximum Gasteiger partial charge on any atom is 0.280 e. The van der Waals surface area contributed by atoms with Crippen LogP contribution in [-0.4, -0.2) is 57.5 Å². The van der Waals surface area contributed by atoms with Crippen LogP contribution in [0.4, 0.5) is 5.95 Å². The Morgan fingerprint density at radius 2 is 2.15 bits per heavy atom. The minimum absolute atomic E-state index is 0.0161. The van der Waals surface area contributed by atoms with Crippen molar-refractivity contribution in [1.82, 2.24) is 19.5 Å². The number of rotatable bonds is 7. The first kappa shape index (κ1) is 30.4. The quantitative estimate of drug-likeness (QED) is 0.218. The third kappa shape index (κ3) is 5.77. The van der Waals surface area contributed by atoms with Gasteiger partial charge >= 0.3 is 0 Å². The van der Waals surface area contributed by atoms with E-state index >= 15 is 0 Å². The first-order valence-corrected chi connectivity index (χ1v) is 20.8. The topological polar surface area (TPSA) is 127 Å². The molecule has 1 saturated carbocycles. The number of ether oxygens (including phenoxy) is 1. The Morgan fingerprint density at radius 1 is 1.43 bits per heavy atom. The zero-order valence-electron chi connectivity index (χ0n) is 24.4. The molecule has 2 aliphatic heterocycles. The third-order valence-electron chi connectivity index (χ3n) is 9.03. The van der Waals surface area contributed by atoms with Crippen molar-refractivity contribution in [3.05, 3.63) is 28.8 Å². The second-order valence-electron chi connectivity index (χ2n) is 13.1. The number of nitrogens with one attached hydrogen (secondary N) is 1. The molecule has 1 aliphatic carbocycles. The van der Waals surface area contributed by atoms with E-state index in [1.165, 1.54) is 5.57 Å². The van der Waals surface area contributed by atoms with Crippen molar-refractivity contribution in [2.75, 3.05) is 12.3 Å². The summed E-state index contributed by atoms with van der Waals surface area (Å²) < 4.78 is 28.2. The molecule has 3 fully saturated rings. The Bertz CT molecular complexity index is 1410. The summed E-state index contributed by atoms with van der Waals surface area (Å²) in [7, 11) is -2.15. The zero-order valence-corrected chi connectivity index (χ0v) is 28.0. The van der Waals surface area contributed by atoms with Gasteiger partial charge in [0.25, 0.3) is 5.56 Å². The van der Waals surface area contributed by atoms with Gasteiger partial charge in [0.05, 0.1) is 25.1 Å². The van der Waals surface area contributed by atoms with Crippen molar-refractivity contribution in [3.63, 3.8) is 0 Å². The van der Waals surface area contributed by atoms with E-state index < -0.39 is 20.2 Å². The highest BCUT2D eigenvalue weighted by atomic mass is 32.9. The van der Waals surface area contributed by atoms with Gasteiger partial charge in [0.2, 0.25) is 11.6 Å². The normalized spacial score (nSPS) is 34.8. The van der Waals surface area contributed by atoms with Crippen LogP contribution in [0.3, 0.4) is 0 Å². The molecule has 222 valence electrons. The van der Waals surface area contributed by atoms with Gasteiger partial charge in [-0.25, -0.2) is 4.98 Å². The van der Waals surface area contributed by atoms with Crippen LogP contribution < -0.4 is 11.3 Å². The fourth-order valence-electron chi connectivity index (χ4n) is 5.46. The second kappa shape index (κ2) is 10.6. The molecular weight excluding hydrogens is 586 g/mol. The third-order valence-corrected chi connectivity index (χ3v) is 19.4. The Kier molecular flexibility index (Phi) is 8.05. The highest BCUT2D eigenvalue weighted by Crippen LogP contribution is 2.75. The number of fused-ring (bicyclic) bond motifs is 2. The Labute approximate surface area is 246 Å². The van der Waals surface area contributed by atoms with Gasteiger partial charge in [-0.15, -0.1) is 0 Å². The number of H-pyrrole nitrogens is 1. The van der Waals surface area contributed by atoms with Crippen LogP contribution in [0.25, 0.3) is 11.2 Å². The minimum atomic E-state index is -2.59. The SMILES string of the molecule is C=C(C)[C@@H]1CC[C@]2(C)S[P@@](=S)(OC[C@H]3O[C@@H](n4cnc5c(=O)[nH]c(N)nc54)CC3O[Si](C)(C)C(C)(C)C)O[C@H]2C1. The molecule has 5 rings (SSSR count). The van der Waals surface area contributed by atoms with Crippen LogP contribution in [0.1, 0.15) is 66.5 Å². The van der Waals surface area contributed by atoms with Gasteiger partial charge in [-0.05, 0) is 69.0 Å². The van der Waals surface area contributed by atoms with Crippen molar-refractivity contribution >= 4 is 54.3 Å². The summed E-state index contributed by atoms with van der Waals surface area (Å²) in [5.74, 6) is 0.490. The lowest BCUT2D eigenvalue weighted by Crippen LogP contribution is -2.46. The lowest BCUT2D eigenvalue weighted by molar-refractivity contribution is -0.0367. The molecule has 0 amide bonds. The van der Waals surface area contributed by atoms with Gasteiger partial charge in [-0.2, -0.15) is 4.98 Å². The predicted octanol–water partition coefficient (Wildman–Crippen LogP) is 5.89. The first-order valence-electron chi connectivity index (χ1n) is 13.8. The van der Waals surface area contributed by atoms with Crippen LogP contribution in [0.15, 0.2) is 23.3 Å². The molecule has 2 saturated heterocycles. The largest absolute Gasteiger partial charge is 0.411 e. The van der Waals surface area contributed by atoms with Crippen molar-refractivity contribution in [1.29, 1.82) is 0 Å². The highest BCUT2D eigenvalue weighted by molar-refractivity contribution is 8.68. The number of aromatic amines is 1. The lowest BCUT2D eigenvalue weighted by atomic mass is 9.77. The molecule has 2 aromatic rings. The number of aromatic nitrogens is 4. The molecule has 0 bridgehead atoms. The fourth-order valence-corrected chi connectivity index (χ4v) is 14.0. The number of nitrogens with zero attached hydrogens (tertiary/aromatic N) is 3. The molecule has 3 aliphatic rings. The van der Waals surface area contributed by atoms with Crippen LogP contribution >= 0.6 is 17.1 Å². The molecular formula is C26H42N5O5PS2Si. The van der Waals surface area contributed by atoms with Crippen molar-refractivity contribution < 1.29 is 18.2 Å². The smallest absolute Gasteiger partial charge is 0.280 e. The Balaban J connectivity index is 1.36. The van der Waals surface area contributed by atoms with Gasteiger partial charge in [0, 0.05) is 11.2 Å². The van der Waals surface area contributed by atoms with E-state index in [4.69, 9.17) is 35.8 Å². The summed E-state index contributed by atoms with van der Waals surface area (Å²) in [5.41, 5.74) is 4.67. The van der Waals surface area contributed by atoms with Gasteiger partial charge in [-0.1, -0.05) is 44.3 Å². The van der Waals surface area contributed by atoms with Gasteiger partial charge in [0.15, 0.2) is 19.5 Å². The first-order chi connectivity index (χ1) is 18.5. The molecule has 0 radical (unpaired) electrons. The van der Waals surface area contributed by atoms with E-state index in [0.717, 1.165) is 19.3 Å². The summed E-state index contributed by atoms with van der Waals surface area (Å²) >= 11 is 7.75. The predicted molar refractivity (Wildman–Crippen MR) is 166 cm³/mol. The summed E-state index contributed by atoms with van der Waals surface area (Å²) in [6, 6.07) is 0. The van der Waals surface area contributed by atoms with E-state index in [9.17, 15) is 4.79 Å². The summed E-state index contributed by atoms with van der Waals surface area (Å²) in [5, 5.41) is 0.0161. The van der Waals surface area contributed by atoms with Gasteiger partial charge in [0.1, 0.15) is 12.3 Å². The van der Waals surface area contributed by atoms with Crippen molar-refractivity contribution in [3.8, 4) is 0 Å². The Morgan fingerprint density at radius 3 is 2.83 bits per heavy atom. The maximum atomic E-state index is 12.4. The average molecular weight is 628 g/mol. The Hall–Kier alpha value is -1.05. The highest BCUT2D eigenvalue weighted by Gasteiger charge is 2.54. The number of anilines is 1. The molecule has 14 heteroatoms. The standard InChI is InChI=1S/C26H42N5O5PS2Si/c1-15(2)16-9-10-26(6)19(11-16)35-37(38,39-26)33-13-18-17(36-40(7,8)25(3,4)5)12-20(34-18)31-14-28-21-22(31)29-24(27)30-23(21)32/h14,16-20H,1,9-13H2,2-8H3,(H3,27,29,30,32)/t16-,17?,18-,19+,20-,26+,37+/m1/s1. The van der Waals surface area contributed by atoms with Crippen LogP contribution in [0, 0.1) is 5.92 Å². The average Bonchev–Trinajstić information content (AvgIpc) is 3.49. The van der Waals surface area contributed by atoms with Crippen LogP contribution in [-0.2, 0) is 30.0 Å². The van der Waals surface area contributed by atoms with Crippen LogP contribution in [0.5, 0.6) is 0 Å². The number of hydrogen-bond acceptors (Lipinski definition) is 10. The number of nitrogens with two attached hydrogens (primary N) is 1. The molecule has 7 atom stereocenters. The fraction of sp³-hybridized carbons (Fsp3) is 0.731. The summed E-state index contributed by atoms with van der Waals surface area (Å²) in [6.45, 7) is 19.9. The summed E-state index contributed by atoms with van der Waals surface area (Å²) in [6.07, 6.45) is 4.19. The molecule has 2 aromatic heterocycles. The lowest BCUT2D eigenvalue weighted by Gasteiger charge is -2.39.